The van der Waals surface area contributed by atoms with Gasteiger partial charge in [-0.1, -0.05) is 123 Å². The van der Waals surface area contributed by atoms with Gasteiger partial charge in [-0.25, -0.2) is 55.2 Å². The van der Waals surface area contributed by atoms with Crippen LogP contribution in [0.1, 0.15) is 131 Å². The first-order valence-corrected chi connectivity index (χ1v) is 43.5. The Kier molecular flexibility index (Phi) is 23.2. The van der Waals surface area contributed by atoms with E-state index in [-0.39, 0.29) is 52.8 Å². The average molecular weight is 1520 g/mol. The molecule has 3 N–H and O–H groups in total. The van der Waals surface area contributed by atoms with Crippen molar-refractivity contribution in [1.82, 2.24) is 48.9 Å². The van der Waals surface area contributed by atoms with Crippen LogP contribution in [-0.4, -0.2) is 126 Å². The molecule has 3 aliphatic rings. The lowest BCUT2D eigenvalue weighted by molar-refractivity contribution is 0.278. The molecule has 0 amide bonds. The van der Waals surface area contributed by atoms with Crippen LogP contribution >= 0.6 is 11.6 Å². The summed E-state index contributed by atoms with van der Waals surface area (Å²) in [5, 5.41) is 28.5. The number of nitrogens with one attached hydrogen (secondary N) is 1. The minimum atomic E-state index is -3.49. The van der Waals surface area contributed by atoms with Crippen LogP contribution in [-0.2, 0) is 73.4 Å². The molecule has 9 heterocycles. The second-order valence-corrected chi connectivity index (χ2v) is 40.3. The summed E-state index contributed by atoms with van der Waals surface area (Å²) in [7, 11) is -13.2. The van der Waals surface area contributed by atoms with Crippen LogP contribution in [0.3, 0.4) is 0 Å². The Morgan fingerprint density at radius 2 is 0.886 bits per heavy atom. The van der Waals surface area contributed by atoms with E-state index in [0.29, 0.717) is 64.0 Å². The van der Waals surface area contributed by atoms with E-state index in [1.165, 1.54) is 34.8 Å². The van der Waals surface area contributed by atoms with Crippen LogP contribution in [0.4, 0.5) is 11.9 Å². The summed E-state index contributed by atoms with van der Waals surface area (Å²) in [6.07, 6.45) is 8.86. The van der Waals surface area contributed by atoms with Crippen molar-refractivity contribution >= 4 is 104 Å². The van der Waals surface area contributed by atoms with E-state index < -0.39 is 37.8 Å². The zero-order valence-corrected chi connectivity index (χ0v) is 66.7. The van der Waals surface area contributed by atoms with E-state index >= 15 is 0 Å². The molecule has 6 aromatic heterocycles. The minimum Gasteiger partial charge on any atom is -0.403 e. The molecule has 0 aliphatic carbocycles. The predicted molar refractivity (Wildman–Crippen MR) is 420 cm³/mol. The second kappa shape index (κ2) is 31.3. The van der Waals surface area contributed by atoms with Gasteiger partial charge in [-0.15, -0.1) is 0 Å². The number of aromatic nitrogens is 9. The highest BCUT2D eigenvalue weighted by molar-refractivity contribution is 7.91. The van der Waals surface area contributed by atoms with E-state index in [4.69, 9.17) is 16.0 Å². The number of hydrogen-bond donors (Lipinski definition) is 3. The number of aliphatic hydroxyl groups is 2. The number of aryl methyl sites for hydroxylation is 3. The Morgan fingerprint density at radius 1 is 0.505 bits per heavy atom. The Morgan fingerprint density at radius 3 is 1.24 bits per heavy atom. The topological polar surface area (TPSA) is 263 Å². The van der Waals surface area contributed by atoms with Crippen LogP contribution in [0, 0.1) is 38.5 Å². The summed E-state index contributed by atoms with van der Waals surface area (Å²) in [5.41, 5.74) is 10.5. The van der Waals surface area contributed by atoms with Gasteiger partial charge in [0.2, 0.25) is 17.2 Å². The third-order valence-electron chi connectivity index (χ3n) is 19.9. The third-order valence-corrected chi connectivity index (χ3v) is 28.6. The Hall–Kier alpha value is -8.24. The van der Waals surface area contributed by atoms with Crippen LogP contribution in [0.2, 0.25) is 10.3 Å². The average Bonchev–Trinajstić information content (AvgIpc) is 1.64. The fourth-order valence-corrected chi connectivity index (χ4v) is 22.8. The summed E-state index contributed by atoms with van der Waals surface area (Å²) in [6, 6.07) is 44.2. The van der Waals surface area contributed by atoms with Crippen molar-refractivity contribution in [3.05, 3.63) is 208 Å². The number of fused-ring (bicyclic) bond motifs is 9. The monoisotopic (exact) mass is 1520 g/mol. The Bertz CT molecular complexity index is 5090. The summed E-state index contributed by atoms with van der Waals surface area (Å²) < 4.78 is 89.1. The van der Waals surface area contributed by atoms with Gasteiger partial charge in [0.05, 0.1) is 46.6 Å². The van der Waals surface area contributed by atoms with Crippen molar-refractivity contribution < 1.29 is 39.9 Å². The molecule has 1 unspecified atom stereocenters. The van der Waals surface area contributed by atoms with Crippen molar-refractivity contribution in [3.8, 4) is 0 Å². The summed E-state index contributed by atoms with van der Waals surface area (Å²) in [5.74, 6) is 2.46. The molecule has 0 radical (unpaired) electrons. The molecule has 0 bridgehead atoms. The summed E-state index contributed by atoms with van der Waals surface area (Å²) in [6.45, 7) is 29.8. The number of nitrogens with zero attached hydrogens (tertiary/aromatic N) is 11. The zero-order chi connectivity index (χ0) is 75.8. The first-order valence-electron chi connectivity index (χ1n) is 35.5. The van der Waals surface area contributed by atoms with Gasteiger partial charge in [-0.3, -0.25) is 0 Å². The Labute approximate surface area is 623 Å². The van der Waals surface area contributed by atoms with Crippen molar-refractivity contribution in [2.75, 3.05) is 48.2 Å². The standard InChI is InChI=1S/C32H40N2O3SSi.2C21H26N4O3S.C5H5ClN2/c1-23(2)31-29-20-24-19-25(30(38(6,35)36)21-28(24)34(29)18-17-33-31)22-37-39(32(3,4)5,26-13-9-7-10-14-26)27-15-11-8-12-16-27;2*1-13(2)20-18-10-15-9-16(12-26)19(29(4,27)28)11-17(15)24(18)7-8-25(20)21-22-6-5-14(3)23-21;1-4-2-3-7-5(6)8-4/h7-16,19-21,23,31,33H,17-18,22H2,1-6H3;2*5-6,9-11,13,20,26H,7-8,12H2,1-4H3;2-3H,1H3/t;2*20-;/m.10./s1. The van der Waals surface area contributed by atoms with Gasteiger partial charge < -0.3 is 43.5 Å². The van der Waals surface area contributed by atoms with Crippen LogP contribution < -0.4 is 25.5 Å². The van der Waals surface area contributed by atoms with Crippen LogP contribution in [0.5, 0.6) is 0 Å². The molecule has 556 valence electrons. The minimum absolute atomic E-state index is 0.0669. The quantitative estimate of drug-likeness (QED) is 0.0636. The molecule has 14 rings (SSSR count). The van der Waals surface area contributed by atoms with Gasteiger partial charge >= 0.3 is 0 Å². The molecular weight excluding hydrogens is 1420 g/mol. The van der Waals surface area contributed by atoms with Crippen molar-refractivity contribution in [2.24, 2.45) is 17.8 Å². The number of benzene rings is 5. The van der Waals surface area contributed by atoms with E-state index in [1.54, 1.807) is 48.9 Å². The number of rotatable bonds is 15. The van der Waals surface area contributed by atoms with E-state index in [1.807, 2.05) is 57.2 Å². The molecule has 3 atom stereocenters. The number of anilines is 2. The van der Waals surface area contributed by atoms with Crippen LogP contribution in [0.15, 0.2) is 167 Å². The number of sulfone groups is 3. The molecule has 105 heavy (non-hydrogen) atoms. The second-order valence-electron chi connectivity index (χ2n) is 29.7. The fourth-order valence-electron chi connectivity index (χ4n) is 15.4. The maximum atomic E-state index is 13.2. The highest BCUT2D eigenvalue weighted by atomic mass is 35.5. The highest BCUT2D eigenvalue weighted by Gasteiger charge is 2.50. The molecule has 21 nitrogen and oxygen atoms in total. The molecule has 0 saturated heterocycles. The third kappa shape index (κ3) is 16.4. The van der Waals surface area contributed by atoms with E-state index in [2.05, 4.69) is 188 Å². The normalized spacial score (nSPS) is 16.3. The number of aliphatic hydroxyl groups excluding tert-OH is 2. The lowest BCUT2D eigenvalue weighted by Crippen LogP contribution is -2.66. The van der Waals surface area contributed by atoms with Crippen molar-refractivity contribution in [3.63, 3.8) is 0 Å². The molecule has 0 fully saturated rings. The first kappa shape index (κ1) is 77.8. The molecule has 26 heteroatoms. The van der Waals surface area contributed by atoms with Gasteiger partial charge in [0.25, 0.3) is 8.32 Å². The van der Waals surface area contributed by atoms with E-state index in [9.17, 15) is 35.5 Å². The van der Waals surface area contributed by atoms with Crippen molar-refractivity contribution in [1.29, 1.82) is 0 Å². The smallest absolute Gasteiger partial charge is 0.261 e. The predicted octanol–water partition coefficient (Wildman–Crippen LogP) is 12.6. The zero-order valence-electron chi connectivity index (χ0n) is 62.5. The number of halogens is 1. The SMILES string of the molecule is CC(C)C1NCCn2c1cc1cc(CO[Si](c3ccccc3)(c3ccccc3)C(C)(C)C)c(S(C)(=O)=O)cc12.Cc1ccnc(Cl)n1.Cc1ccnc(N2CCn3c(cc4cc(CO)c(S(C)(=O)=O)cc43)[C@@H]2C(C)C)n1.Cc1ccnc(N2CCn3c(cc4cc(CO)c(S(C)(=O)=O)cc43)[C@H]2C(C)C)n1. The Balaban J connectivity index is 0.000000151. The highest BCUT2D eigenvalue weighted by Crippen LogP contribution is 2.43. The fraction of sp³-hybridized carbons (Fsp3) is 0.392. The largest absolute Gasteiger partial charge is 0.403 e. The summed E-state index contributed by atoms with van der Waals surface area (Å²) in [4.78, 5) is 31.0. The molecule has 3 aliphatic heterocycles. The molecule has 5 aromatic carbocycles. The lowest BCUT2D eigenvalue weighted by atomic mass is 9.97. The number of hydrogen-bond acceptors (Lipinski definition) is 18. The van der Waals surface area contributed by atoms with Gasteiger partial charge in [0.15, 0.2) is 29.5 Å². The molecule has 0 saturated carbocycles. The van der Waals surface area contributed by atoms with Gasteiger partial charge in [0, 0.05) is 150 Å². The van der Waals surface area contributed by atoms with Crippen molar-refractivity contribution in [2.45, 2.75) is 160 Å². The molecule has 11 aromatic rings. The van der Waals surface area contributed by atoms with Crippen LogP contribution in [0.25, 0.3) is 32.7 Å². The molecular formula is C79H97ClN12O9S3Si. The van der Waals surface area contributed by atoms with E-state index in [0.717, 1.165) is 92.9 Å². The van der Waals surface area contributed by atoms with Gasteiger partial charge in [-0.2, -0.15) is 0 Å². The maximum absolute atomic E-state index is 13.2. The molecule has 0 spiro atoms. The lowest BCUT2D eigenvalue weighted by Gasteiger charge is -2.43. The summed E-state index contributed by atoms with van der Waals surface area (Å²) >= 11 is 5.42. The maximum Gasteiger partial charge on any atom is 0.261 e. The van der Waals surface area contributed by atoms with Gasteiger partial charge in [-0.05, 0) is 155 Å². The van der Waals surface area contributed by atoms with Gasteiger partial charge in [0.1, 0.15) is 0 Å². The first-order chi connectivity index (χ1) is 49.6.